The van der Waals surface area contributed by atoms with Crippen molar-refractivity contribution in [3.8, 4) is 17.3 Å². The number of imidazole rings is 1. The maximum atomic E-state index is 14.1. The van der Waals surface area contributed by atoms with Gasteiger partial charge in [0, 0.05) is 48.4 Å². The summed E-state index contributed by atoms with van der Waals surface area (Å²) in [6.45, 7) is 3.30. The normalized spacial score (nSPS) is 23.8. The molecule has 2 amide bonds. The number of likely N-dealkylation sites (tertiary alicyclic amines) is 1. The highest BCUT2D eigenvalue weighted by Gasteiger charge is 2.41. The molecule has 1 saturated heterocycles. The number of amides is 2. The minimum atomic E-state index is -0.332. The number of carbonyl (C=O) groups excluding carboxylic acids is 2. The highest BCUT2D eigenvalue weighted by Crippen LogP contribution is 2.45. The van der Waals surface area contributed by atoms with E-state index in [1.807, 2.05) is 30.0 Å². The number of halogens is 1. The summed E-state index contributed by atoms with van der Waals surface area (Å²) in [6.07, 6.45) is 10.3. The van der Waals surface area contributed by atoms with E-state index < -0.39 is 0 Å². The molecule has 2 aliphatic heterocycles. The van der Waals surface area contributed by atoms with Crippen LogP contribution in [0, 0.1) is 5.92 Å². The van der Waals surface area contributed by atoms with Gasteiger partial charge in [-0.3, -0.25) is 9.59 Å². The van der Waals surface area contributed by atoms with Gasteiger partial charge in [-0.2, -0.15) is 0 Å². The maximum absolute atomic E-state index is 14.1. The second-order valence-corrected chi connectivity index (χ2v) is 15.3. The molecule has 2 saturated carbocycles. The van der Waals surface area contributed by atoms with Crippen LogP contribution in [0.25, 0.3) is 33.6 Å². The Balaban J connectivity index is 1.14. The van der Waals surface area contributed by atoms with E-state index in [1.165, 1.54) is 0 Å². The van der Waals surface area contributed by atoms with Crippen LogP contribution in [0.1, 0.15) is 102 Å². The van der Waals surface area contributed by atoms with Crippen LogP contribution in [-0.2, 0) is 13.0 Å². The van der Waals surface area contributed by atoms with E-state index in [0.717, 1.165) is 109 Å². The molecule has 1 aromatic carbocycles. The molecule has 0 unspecified atom stereocenters. The quantitative estimate of drug-likeness (QED) is 0.201. The molecule has 2 aliphatic carbocycles. The molecule has 264 valence electrons. The maximum Gasteiger partial charge on any atom is 0.254 e. The van der Waals surface area contributed by atoms with Gasteiger partial charge < -0.3 is 29.8 Å². The van der Waals surface area contributed by atoms with Gasteiger partial charge in [-0.05, 0) is 106 Å². The Morgan fingerprint density at radius 1 is 1.04 bits per heavy atom. The molecule has 4 bridgehead atoms. The number of hydrogen-bond acceptors (Lipinski definition) is 7. The van der Waals surface area contributed by atoms with Crippen LogP contribution in [0.5, 0.6) is 5.75 Å². The van der Waals surface area contributed by atoms with Crippen LogP contribution in [0.2, 0.25) is 5.15 Å². The number of benzene rings is 1. The molecular weight excluding hydrogens is 664 g/mol. The number of aromatic nitrogens is 5. The molecular formula is C39H43ClN8O3. The lowest BCUT2D eigenvalue weighted by atomic mass is 9.94. The van der Waals surface area contributed by atoms with Crippen molar-refractivity contribution in [2.45, 2.75) is 95.4 Å². The van der Waals surface area contributed by atoms with Crippen LogP contribution in [-0.4, -0.2) is 66.5 Å². The van der Waals surface area contributed by atoms with Gasteiger partial charge in [0.15, 0.2) is 5.82 Å². The van der Waals surface area contributed by atoms with Gasteiger partial charge in [0.2, 0.25) is 0 Å². The van der Waals surface area contributed by atoms with Crippen molar-refractivity contribution >= 4 is 45.5 Å². The van der Waals surface area contributed by atoms with Crippen LogP contribution in [0.4, 0.5) is 0 Å². The summed E-state index contributed by atoms with van der Waals surface area (Å²) in [7, 11) is 1.67. The average Bonchev–Trinajstić information content (AvgIpc) is 3.59. The predicted octanol–water partition coefficient (Wildman–Crippen LogP) is 6.61. The van der Waals surface area contributed by atoms with Crippen LogP contribution in [0.3, 0.4) is 0 Å². The fourth-order valence-electron chi connectivity index (χ4n) is 8.73. The number of carbonyl (C=O) groups is 2. The number of fused-ring (bicyclic) bond motifs is 5. The van der Waals surface area contributed by atoms with Crippen molar-refractivity contribution < 1.29 is 14.3 Å². The lowest BCUT2D eigenvalue weighted by Crippen LogP contribution is -2.51. The highest BCUT2D eigenvalue weighted by molar-refractivity contribution is 6.29. The Morgan fingerprint density at radius 3 is 2.71 bits per heavy atom. The molecule has 4 aromatic heterocycles. The molecule has 3 fully saturated rings. The zero-order valence-corrected chi connectivity index (χ0v) is 29.8. The fraction of sp³-hybridized carbons (Fsp3) is 0.462. The lowest BCUT2D eigenvalue weighted by Gasteiger charge is -2.37. The molecule has 9 rings (SSSR count). The molecule has 3 N–H and O–H groups in total. The summed E-state index contributed by atoms with van der Waals surface area (Å²) >= 11 is 6.25. The highest BCUT2D eigenvalue weighted by atomic mass is 35.5. The van der Waals surface area contributed by atoms with E-state index in [2.05, 4.69) is 31.6 Å². The molecule has 0 radical (unpaired) electrons. The Morgan fingerprint density at radius 2 is 1.88 bits per heavy atom. The summed E-state index contributed by atoms with van der Waals surface area (Å²) in [5, 5.41) is 4.54. The van der Waals surface area contributed by atoms with Gasteiger partial charge >= 0.3 is 0 Å². The average molecular weight is 707 g/mol. The first-order chi connectivity index (χ1) is 24.8. The predicted molar refractivity (Wildman–Crippen MR) is 196 cm³/mol. The second-order valence-electron chi connectivity index (χ2n) is 14.9. The number of nitrogens with one attached hydrogen (secondary N) is 1. The van der Waals surface area contributed by atoms with E-state index in [-0.39, 0.29) is 29.9 Å². The Hall–Kier alpha value is -4.48. The largest absolute Gasteiger partial charge is 0.494 e. The number of aryl methyl sites for hydroxylation is 2. The molecule has 12 heteroatoms. The number of nitrogens with two attached hydrogens (primary N) is 1. The number of methoxy groups -OCH3 is 1. The fourth-order valence-corrected chi connectivity index (χ4v) is 8.91. The first kappa shape index (κ1) is 32.4. The van der Waals surface area contributed by atoms with Crippen molar-refractivity contribution in [1.29, 1.82) is 0 Å². The van der Waals surface area contributed by atoms with Gasteiger partial charge in [-0.25, -0.2) is 15.0 Å². The summed E-state index contributed by atoms with van der Waals surface area (Å²) < 4.78 is 10.6. The minimum absolute atomic E-state index is 0.0000999. The molecule has 51 heavy (non-hydrogen) atoms. The lowest BCUT2D eigenvalue weighted by molar-refractivity contribution is 0.0603. The molecule has 4 aliphatic rings. The SMILES string of the molecule is COc1cc(C(=O)N2C[C@H](N)[C@@H]3CC[C@H]2C3)cc2nc(-c3cc4ccc5nc4n3CCCCCc3cc(Cl)ncc3C(=O)N[C@@H]5C)n(C3CC3)c12. The number of rotatable bonds is 4. The minimum Gasteiger partial charge on any atom is -0.494 e. The van der Waals surface area contributed by atoms with E-state index in [4.69, 9.17) is 32.0 Å². The van der Waals surface area contributed by atoms with Crippen molar-refractivity contribution in [3.63, 3.8) is 0 Å². The Labute approximate surface area is 301 Å². The standard InChI is InChI=1S/C39H43ClN8O3/c1-21-30-12-8-24-16-32(46(36(24)44-30)13-5-3-4-6-22-18-34(40)42-19-28(22)38(49)43-21)37-45-31-15-25(17-33(51-2)35(31)48(37)26-10-11-26)39(50)47-20-29(41)23-7-9-27(47)14-23/h8,12,15-19,21,23,26-27,29H,3-7,9-11,13-14,20,41H2,1-2H3,(H,43,49)/t21-,23-,27+,29+/m1/s1. The number of ether oxygens (including phenoxy) is 1. The summed E-state index contributed by atoms with van der Waals surface area (Å²) in [5.74, 6) is 1.84. The zero-order chi connectivity index (χ0) is 35.0. The van der Waals surface area contributed by atoms with E-state index >= 15 is 0 Å². The number of pyridine rings is 2. The monoisotopic (exact) mass is 706 g/mol. The van der Waals surface area contributed by atoms with E-state index in [0.29, 0.717) is 40.5 Å². The van der Waals surface area contributed by atoms with Crippen molar-refractivity contribution in [2.75, 3.05) is 13.7 Å². The van der Waals surface area contributed by atoms with Crippen molar-refractivity contribution in [2.24, 2.45) is 11.7 Å². The van der Waals surface area contributed by atoms with Crippen molar-refractivity contribution in [3.05, 3.63) is 70.1 Å². The van der Waals surface area contributed by atoms with Gasteiger partial charge in [0.25, 0.3) is 11.8 Å². The number of piperidine rings is 1. The summed E-state index contributed by atoms with van der Waals surface area (Å²) in [5.41, 5.74) is 12.8. The summed E-state index contributed by atoms with van der Waals surface area (Å²) in [6, 6.07) is 12.1. The zero-order valence-electron chi connectivity index (χ0n) is 29.1. The van der Waals surface area contributed by atoms with Crippen molar-refractivity contribution in [1.82, 2.24) is 34.3 Å². The Kier molecular flexibility index (Phi) is 8.03. The topological polar surface area (TPSA) is 133 Å². The smallest absolute Gasteiger partial charge is 0.254 e. The van der Waals surface area contributed by atoms with Gasteiger partial charge in [-0.1, -0.05) is 18.0 Å². The van der Waals surface area contributed by atoms with Gasteiger partial charge in [-0.15, -0.1) is 0 Å². The third-order valence-corrected chi connectivity index (χ3v) is 11.8. The number of nitrogens with zero attached hydrogens (tertiary/aromatic N) is 6. The first-order valence-electron chi connectivity index (χ1n) is 18.4. The summed E-state index contributed by atoms with van der Waals surface area (Å²) in [4.78, 5) is 44.1. The first-order valence-corrected chi connectivity index (χ1v) is 18.8. The Bertz CT molecular complexity index is 2210. The third kappa shape index (κ3) is 5.65. The van der Waals surface area contributed by atoms with Crippen LogP contribution < -0.4 is 15.8 Å². The van der Waals surface area contributed by atoms with E-state index in [1.54, 1.807) is 19.4 Å². The van der Waals surface area contributed by atoms with Gasteiger partial charge in [0.05, 0.1) is 35.6 Å². The molecule has 11 nitrogen and oxygen atoms in total. The molecule has 4 atom stereocenters. The molecule has 6 heterocycles. The van der Waals surface area contributed by atoms with Crippen LogP contribution >= 0.6 is 11.6 Å². The van der Waals surface area contributed by atoms with Gasteiger partial charge in [0.1, 0.15) is 22.1 Å². The molecule has 0 spiro atoms. The molecule has 5 aromatic rings. The van der Waals surface area contributed by atoms with E-state index in [9.17, 15) is 9.59 Å². The third-order valence-electron chi connectivity index (χ3n) is 11.6. The van der Waals surface area contributed by atoms with Crippen LogP contribution in [0.15, 0.2) is 42.6 Å². The second kappa shape index (κ2) is 12.6. The number of hydrogen-bond donors (Lipinski definition) is 2.